The lowest BCUT2D eigenvalue weighted by Gasteiger charge is -2.12. The number of hydrogen-bond acceptors (Lipinski definition) is 4. The normalized spacial score (nSPS) is 10.8. The maximum atomic E-state index is 11.6. The second kappa shape index (κ2) is 7.54. The monoisotopic (exact) mass is 373 g/mol. The largest absolute Gasteiger partial charge is 0.493 e. The quantitative estimate of drug-likeness (QED) is 0.406. The van der Waals surface area contributed by atoms with E-state index in [1.807, 2.05) is 60.0 Å². The van der Waals surface area contributed by atoms with Crippen molar-refractivity contribution in [3.8, 4) is 22.6 Å². The first-order valence-electron chi connectivity index (χ1n) is 8.95. The average Bonchev–Trinajstić information content (AvgIpc) is 3.17. The summed E-state index contributed by atoms with van der Waals surface area (Å²) in [6.07, 6.45) is 1.72. The summed E-state index contributed by atoms with van der Waals surface area (Å²) in [6, 6.07) is 21.2. The summed E-state index contributed by atoms with van der Waals surface area (Å²) in [7, 11) is 0. The Morgan fingerprint density at radius 2 is 1.96 bits per heavy atom. The number of rotatable bonds is 5. The molecule has 0 spiro atoms. The molecule has 1 amide bonds. The highest BCUT2D eigenvalue weighted by Crippen LogP contribution is 2.31. The predicted octanol–water partition coefficient (Wildman–Crippen LogP) is 4.21. The van der Waals surface area contributed by atoms with Gasteiger partial charge in [-0.2, -0.15) is 0 Å². The van der Waals surface area contributed by atoms with Crippen molar-refractivity contribution in [1.82, 2.24) is 15.0 Å². The van der Waals surface area contributed by atoms with Crippen LogP contribution in [0.15, 0.2) is 73.1 Å². The van der Waals surface area contributed by atoms with Crippen molar-refractivity contribution in [1.29, 1.82) is 0 Å². The molecule has 0 unspecified atom stereocenters. The van der Waals surface area contributed by atoms with Gasteiger partial charge in [-0.25, -0.2) is 10.5 Å². The van der Waals surface area contributed by atoms with E-state index in [4.69, 9.17) is 9.94 Å². The molecule has 28 heavy (non-hydrogen) atoms. The third-order valence-electron chi connectivity index (χ3n) is 4.53. The molecule has 3 aromatic carbocycles. The number of hydroxylamine groups is 1. The molecule has 6 nitrogen and oxygen atoms in total. The number of fused-ring (bicyclic) bond motifs is 1. The van der Waals surface area contributed by atoms with Gasteiger partial charge < -0.3 is 4.74 Å². The molecule has 0 saturated heterocycles. The van der Waals surface area contributed by atoms with Gasteiger partial charge in [0.05, 0.1) is 17.6 Å². The molecule has 0 aliphatic heterocycles. The van der Waals surface area contributed by atoms with Crippen molar-refractivity contribution in [3.63, 3.8) is 0 Å². The summed E-state index contributed by atoms with van der Waals surface area (Å²) in [6.45, 7) is 2.57. The molecule has 0 saturated carbocycles. The minimum absolute atomic E-state index is 0.347. The lowest BCUT2D eigenvalue weighted by Crippen LogP contribution is -2.18. The van der Waals surface area contributed by atoms with E-state index in [1.54, 1.807) is 23.9 Å². The fourth-order valence-electron chi connectivity index (χ4n) is 3.23. The van der Waals surface area contributed by atoms with E-state index in [2.05, 4.69) is 11.1 Å². The molecular weight excluding hydrogens is 354 g/mol. The summed E-state index contributed by atoms with van der Waals surface area (Å²) in [5, 5.41) is 8.81. The number of nitrogens with zero attached hydrogens (tertiary/aromatic N) is 2. The summed E-state index contributed by atoms with van der Waals surface area (Å²) in [5.74, 6) is 0.281. The Balaban J connectivity index is 1.77. The van der Waals surface area contributed by atoms with Crippen LogP contribution in [-0.2, 0) is 0 Å². The van der Waals surface area contributed by atoms with Crippen LogP contribution in [0.25, 0.3) is 27.8 Å². The smallest absolute Gasteiger partial charge is 0.274 e. The van der Waals surface area contributed by atoms with Gasteiger partial charge in [0.2, 0.25) is 0 Å². The number of hydrogen-bond donors (Lipinski definition) is 2. The van der Waals surface area contributed by atoms with Crippen molar-refractivity contribution in [3.05, 3.63) is 78.6 Å². The Kier molecular flexibility index (Phi) is 4.78. The van der Waals surface area contributed by atoms with Crippen LogP contribution in [-0.4, -0.2) is 27.3 Å². The zero-order valence-corrected chi connectivity index (χ0v) is 15.3. The van der Waals surface area contributed by atoms with Crippen molar-refractivity contribution in [2.75, 3.05) is 6.61 Å². The highest BCUT2D eigenvalue weighted by molar-refractivity contribution is 5.96. The second-order valence-corrected chi connectivity index (χ2v) is 6.24. The number of carbonyl (C=O) groups is 1. The minimum Gasteiger partial charge on any atom is -0.493 e. The Morgan fingerprint density at radius 1 is 1.11 bits per heavy atom. The molecule has 1 aromatic heterocycles. The molecule has 0 fully saturated rings. The van der Waals surface area contributed by atoms with Gasteiger partial charge in [0.25, 0.3) is 5.91 Å². The molecule has 0 atom stereocenters. The van der Waals surface area contributed by atoms with E-state index in [-0.39, 0.29) is 0 Å². The van der Waals surface area contributed by atoms with Crippen LogP contribution in [0.1, 0.15) is 17.3 Å². The van der Waals surface area contributed by atoms with Crippen molar-refractivity contribution in [2.45, 2.75) is 6.92 Å². The number of benzene rings is 3. The highest BCUT2D eigenvalue weighted by Gasteiger charge is 2.11. The Morgan fingerprint density at radius 3 is 2.79 bits per heavy atom. The fourth-order valence-corrected chi connectivity index (χ4v) is 3.23. The van der Waals surface area contributed by atoms with Crippen molar-refractivity contribution >= 4 is 16.9 Å². The van der Waals surface area contributed by atoms with Gasteiger partial charge in [-0.1, -0.05) is 30.3 Å². The number of imidazole rings is 1. The number of carbonyl (C=O) groups excluding carboxylic acids is 1. The molecule has 2 N–H and O–H groups in total. The van der Waals surface area contributed by atoms with Crippen LogP contribution < -0.4 is 10.2 Å². The number of aromatic nitrogens is 2. The molecule has 140 valence electrons. The predicted molar refractivity (Wildman–Crippen MR) is 107 cm³/mol. The van der Waals surface area contributed by atoms with Crippen LogP contribution in [0.3, 0.4) is 0 Å². The SMILES string of the molecule is CCOc1ccccc1-c1cccc(-n2cnc3cc(C(=O)NO)ccc32)c1. The zero-order valence-electron chi connectivity index (χ0n) is 15.3. The van der Waals surface area contributed by atoms with E-state index in [9.17, 15) is 4.79 Å². The van der Waals surface area contributed by atoms with Gasteiger partial charge in [-0.05, 0) is 48.9 Å². The number of nitrogens with one attached hydrogen (secondary N) is 1. The fraction of sp³-hybridized carbons (Fsp3) is 0.0909. The molecule has 4 rings (SSSR count). The number of ether oxygens (including phenoxy) is 1. The minimum atomic E-state index is -0.564. The summed E-state index contributed by atoms with van der Waals surface area (Å²) in [4.78, 5) is 16.0. The van der Waals surface area contributed by atoms with E-state index in [0.29, 0.717) is 17.7 Å². The van der Waals surface area contributed by atoms with Gasteiger partial charge in [-0.15, -0.1) is 0 Å². The highest BCUT2D eigenvalue weighted by atomic mass is 16.5. The maximum Gasteiger partial charge on any atom is 0.274 e. The summed E-state index contributed by atoms with van der Waals surface area (Å²) >= 11 is 0. The van der Waals surface area contributed by atoms with E-state index < -0.39 is 5.91 Å². The molecule has 4 aromatic rings. The standard InChI is InChI=1S/C22H19N3O3/c1-2-28-21-9-4-3-8-18(21)15-6-5-7-17(12-15)25-14-23-19-13-16(22(26)24-27)10-11-20(19)25/h3-14,27H,2H2,1H3,(H,24,26). The summed E-state index contributed by atoms with van der Waals surface area (Å²) < 4.78 is 7.72. The van der Waals surface area contributed by atoms with Crippen molar-refractivity contribution < 1.29 is 14.7 Å². The lowest BCUT2D eigenvalue weighted by atomic mass is 10.0. The first kappa shape index (κ1) is 17.8. The summed E-state index contributed by atoms with van der Waals surface area (Å²) in [5.41, 5.74) is 6.54. The van der Waals surface area contributed by atoms with Gasteiger partial charge in [0, 0.05) is 16.8 Å². The number of para-hydroxylation sites is 1. The van der Waals surface area contributed by atoms with Gasteiger partial charge in [0.1, 0.15) is 12.1 Å². The third-order valence-corrected chi connectivity index (χ3v) is 4.53. The first-order valence-corrected chi connectivity index (χ1v) is 8.95. The third kappa shape index (κ3) is 3.21. The Hall–Kier alpha value is -3.64. The van der Waals surface area contributed by atoms with Gasteiger partial charge >= 0.3 is 0 Å². The van der Waals surface area contributed by atoms with E-state index in [1.165, 1.54) is 0 Å². The molecule has 6 heteroatoms. The van der Waals surface area contributed by atoms with Crippen molar-refractivity contribution in [2.24, 2.45) is 0 Å². The molecular formula is C22H19N3O3. The molecule has 0 radical (unpaired) electrons. The van der Waals surface area contributed by atoms with Crippen LogP contribution in [0, 0.1) is 0 Å². The van der Waals surface area contributed by atoms with E-state index >= 15 is 0 Å². The van der Waals surface area contributed by atoms with Crippen LogP contribution in [0.4, 0.5) is 0 Å². The average molecular weight is 373 g/mol. The maximum absolute atomic E-state index is 11.6. The van der Waals surface area contributed by atoms with Crippen LogP contribution in [0.2, 0.25) is 0 Å². The van der Waals surface area contributed by atoms with Crippen LogP contribution >= 0.6 is 0 Å². The zero-order chi connectivity index (χ0) is 19.5. The van der Waals surface area contributed by atoms with Gasteiger partial charge in [-0.3, -0.25) is 14.6 Å². The molecule has 0 aliphatic carbocycles. The van der Waals surface area contributed by atoms with Crippen LogP contribution in [0.5, 0.6) is 5.75 Å². The molecule has 0 aliphatic rings. The Labute approximate surface area is 162 Å². The lowest BCUT2D eigenvalue weighted by molar-refractivity contribution is 0.0706. The molecule has 1 heterocycles. The van der Waals surface area contributed by atoms with Gasteiger partial charge in [0.15, 0.2) is 0 Å². The van der Waals surface area contributed by atoms with E-state index in [0.717, 1.165) is 28.1 Å². The first-order chi connectivity index (χ1) is 13.7. The topological polar surface area (TPSA) is 76.4 Å². The molecule has 0 bridgehead atoms. The Bertz CT molecular complexity index is 1150. The second-order valence-electron chi connectivity index (χ2n) is 6.24. The number of amides is 1.